The largest absolute Gasteiger partial charge is 0.508 e. The summed E-state index contributed by atoms with van der Waals surface area (Å²) in [5, 5.41) is 13.4. The van der Waals surface area contributed by atoms with Crippen LogP contribution in [0.2, 0.25) is 5.02 Å². The van der Waals surface area contributed by atoms with Crippen LogP contribution in [-0.4, -0.2) is 5.11 Å². The van der Waals surface area contributed by atoms with Gasteiger partial charge in [-0.05, 0) is 35.9 Å². The van der Waals surface area contributed by atoms with E-state index in [2.05, 4.69) is 5.32 Å². The molecule has 0 fully saturated rings. The lowest BCUT2D eigenvalue weighted by Crippen LogP contribution is -2.12. The number of nitrogens with one attached hydrogen (secondary N) is 1. The first kappa shape index (κ1) is 15.8. The van der Waals surface area contributed by atoms with Crippen LogP contribution in [-0.2, 0) is 13.1 Å². The number of halogens is 3. The van der Waals surface area contributed by atoms with Gasteiger partial charge in [0.2, 0.25) is 0 Å². The maximum Gasteiger partial charge on any atom is 0.123 e. The fraction of sp³-hybridized carbons (Fsp3) is 0.143. The van der Waals surface area contributed by atoms with Crippen LogP contribution in [0, 0.1) is 5.82 Å². The van der Waals surface area contributed by atoms with Crippen LogP contribution < -0.4 is 5.32 Å². The molecule has 0 saturated heterocycles. The van der Waals surface area contributed by atoms with Crippen molar-refractivity contribution in [2.45, 2.75) is 13.1 Å². The Morgan fingerprint density at radius 2 is 1.74 bits per heavy atom. The Hall–Kier alpha value is -1.29. The smallest absolute Gasteiger partial charge is 0.123 e. The lowest BCUT2D eigenvalue weighted by molar-refractivity contribution is 0.464. The first-order chi connectivity index (χ1) is 8.65. The second-order valence-electron chi connectivity index (χ2n) is 4.00. The van der Waals surface area contributed by atoms with Crippen molar-refractivity contribution in [3.63, 3.8) is 0 Å². The molecule has 0 unspecified atom stereocenters. The predicted octanol–water partition coefficient (Wildman–Crippen LogP) is 3.90. The summed E-state index contributed by atoms with van der Waals surface area (Å²) in [6.45, 7) is 1.11. The molecule has 0 bridgehead atoms. The zero-order chi connectivity index (χ0) is 13.0. The molecule has 0 heterocycles. The Labute approximate surface area is 122 Å². The summed E-state index contributed by atoms with van der Waals surface area (Å²) < 4.78 is 12.7. The van der Waals surface area contributed by atoms with Gasteiger partial charge in [0.1, 0.15) is 11.6 Å². The van der Waals surface area contributed by atoms with Crippen molar-refractivity contribution in [2.24, 2.45) is 0 Å². The molecule has 102 valence electrons. The molecule has 2 rings (SSSR count). The molecule has 0 aliphatic rings. The van der Waals surface area contributed by atoms with E-state index in [9.17, 15) is 9.50 Å². The second kappa shape index (κ2) is 7.34. The van der Waals surface area contributed by atoms with E-state index in [4.69, 9.17) is 11.6 Å². The van der Waals surface area contributed by atoms with E-state index in [0.717, 1.165) is 11.1 Å². The number of phenolic OH excluding ortho intramolecular Hbond substituents is 1. The lowest BCUT2D eigenvalue weighted by atomic mass is 10.2. The minimum absolute atomic E-state index is 0. The molecule has 2 N–H and O–H groups in total. The zero-order valence-electron chi connectivity index (χ0n) is 10.1. The second-order valence-corrected chi connectivity index (χ2v) is 4.44. The molecule has 0 aliphatic carbocycles. The van der Waals surface area contributed by atoms with Crippen molar-refractivity contribution in [2.75, 3.05) is 0 Å². The van der Waals surface area contributed by atoms with Gasteiger partial charge in [0, 0.05) is 23.7 Å². The molecule has 0 aliphatic heterocycles. The summed E-state index contributed by atoms with van der Waals surface area (Å²) in [4.78, 5) is 0. The average Bonchev–Trinajstić information content (AvgIpc) is 2.36. The van der Waals surface area contributed by atoms with Crippen LogP contribution >= 0.6 is 24.0 Å². The quantitative estimate of drug-likeness (QED) is 0.898. The lowest BCUT2D eigenvalue weighted by Gasteiger charge is -2.07. The van der Waals surface area contributed by atoms with Gasteiger partial charge in [0.15, 0.2) is 0 Å². The highest BCUT2D eigenvalue weighted by atomic mass is 35.5. The molecular weight excluding hydrogens is 288 g/mol. The van der Waals surface area contributed by atoms with Gasteiger partial charge in [-0.15, -0.1) is 12.4 Å². The first-order valence-corrected chi connectivity index (χ1v) is 5.95. The molecule has 0 aromatic heterocycles. The van der Waals surface area contributed by atoms with Crippen LogP contribution in [0.25, 0.3) is 0 Å². The summed E-state index contributed by atoms with van der Waals surface area (Å²) in [5.74, 6) is -0.0303. The molecule has 19 heavy (non-hydrogen) atoms. The molecule has 0 spiro atoms. The Balaban J connectivity index is 0.00000180. The van der Waals surface area contributed by atoms with E-state index in [1.807, 2.05) is 0 Å². The highest BCUT2D eigenvalue weighted by Crippen LogP contribution is 2.21. The highest BCUT2D eigenvalue weighted by molar-refractivity contribution is 6.30. The maximum atomic E-state index is 12.7. The van der Waals surface area contributed by atoms with E-state index in [0.29, 0.717) is 18.1 Å². The van der Waals surface area contributed by atoms with E-state index < -0.39 is 0 Å². The van der Waals surface area contributed by atoms with E-state index in [1.54, 1.807) is 30.3 Å². The van der Waals surface area contributed by atoms with Gasteiger partial charge >= 0.3 is 0 Å². The van der Waals surface area contributed by atoms with Crippen molar-refractivity contribution in [1.82, 2.24) is 5.32 Å². The Kier molecular flexibility index (Phi) is 6.09. The minimum atomic E-state index is -0.244. The van der Waals surface area contributed by atoms with Crippen molar-refractivity contribution in [3.8, 4) is 5.75 Å². The predicted molar refractivity (Wildman–Crippen MR) is 77.3 cm³/mol. The van der Waals surface area contributed by atoms with E-state index >= 15 is 0 Å². The monoisotopic (exact) mass is 301 g/mol. The van der Waals surface area contributed by atoms with Crippen molar-refractivity contribution >= 4 is 24.0 Å². The van der Waals surface area contributed by atoms with Gasteiger partial charge in [-0.3, -0.25) is 0 Å². The Morgan fingerprint density at radius 1 is 1.05 bits per heavy atom. The van der Waals surface area contributed by atoms with Gasteiger partial charge in [-0.2, -0.15) is 0 Å². The number of hydrogen-bond acceptors (Lipinski definition) is 2. The topological polar surface area (TPSA) is 32.3 Å². The molecule has 2 aromatic rings. The van der Waals surface area contributed by atoms with Crippen LogP contribution in [0.15, 0.2) is 42.5 Å². The summed E-state index contributed by atoms with van der Waals surface area (Å²) in [5.41, 5.74) is 1.72. The molecule has 0 radical (unpaired) electrons. The number of phenols is 1. The minimum Gasteiger partial charge on any atom is -0.508 e. The first-order valence-electron chi connectivity index (χ1n) is 5.58. The summed E-state index contributed by atoms with van der Waals surface area (Å²) in [7, 11) is 0. The number of rotatable bonds is 4. The standard InChI is InChI=1S/C14H13ClFNO.ClH/c15-12-3-6-14(18)11(7-12)9-17-8-10-1-4-13(16)5-2-10;/h1-7,17-18H,8-9H2;1H. The van der Waals surface area contributed by atoms with E-state index in [1.165, 1.54) is 12.1 Å². The molecule has 2 aromatic carbocycles. The van der Waals surface area contributed by atoms with Crippen LogP contribution in [0.1, 0.15) is 11.1 Å². The molecule has 2 nitrogen and oxygen atoms in total. The van der Waals surface area contributed by atoms with Crippen molar-refractivity contribution in [1.29, 1.82) is 0 Å². The van der Waals surface area contributed by atoms with Gasteiger partial charge in [-0.1, -0.05) is 23.7 Å². The molecule has 5 heteroatoms. The summed E-state index contributed by atoms with van der Waals surface area (Å²) in [6, 6.07) is 11.2. The van der Waals surface area contributed by atoms with Gasteiger partial charge in [0.05, 0.1) is 0 Å². The third-order valence-corrected chi connectivity index (χ3v) is 2.83. The van der Waals surface area contributed by atoms with Crippen molar-refractivity contribution in [3.05, 3.63) is 64.4 Å². The zero-order valence-corrected chi connectivity index (χ0v) is 11.6. The average molecular weight is 302 g/mol. The SMILES string of the molecule is Cl.Oc1ccc(Cl)cc1CNCc1ccc(F)cc1. The Morgan fingerprint density at radius 3 is 2.42 bits per heavy atom. The fourth-order valence-corrected chi connectivity index (χ4v) is 1.83. The maximum absolute atomic E-state index is 12.7. The fourth-order valence-electron chi connectivity index (χ4n) is 1.64. The molecular formula is C14H14Cl2FNO. The highest BCUT2D eigenvalue weighted by Gasteiger charge is 2.01. The van der Waals surface area contributed by atoms with Crippen molar-refractivity contribution < 1.29 is 9.50 Å². The summed E-state index contributed by atoms with van der Waals surface area (Å²) >= 11 is 5.85. The van der Waals surface area contributed by atoms with Gasteiger partial charge in [0.25, 0.3) is 0 Å². The normalized spacial score (nSPS) is 10.0. The van der Waals surface area contributed by atoms with Crippen LogP contribution in [0.3, 0.4) is 0 Å². The number of hydrogen-bond donors (Lipinski definition) is 2. The van der Waals surface area contributed by atoms with Gasteiger partial charge < -0.3 is 10.4 Å². The van der Waals surface area contributed by atoms with E-state index in [-0.39, 0.29) is 24.0 Å². The van der Waals surface area contributed by atoms with Crippen LogP contribution in [0.4, 0.5) is 4.39 Å². The third-order valence-electron chi connectivity index (χ3n) is 2.60. The molecule has 0 saturated carbocycles. The molecule has 0 amide bonds. The summed E-state index contributed by atoms with van der Waals surface area (Å²) in [6.07, 6.45) is 0. The number of benzene rings is 2. The molecule has 0 atom stereocenters. The Bertz CT molecular complexity index is 531. The third kappa shape index (κ3) is 4.71. The number of aromatic hydroxyl groups is 1. The van der Waals surface area contributed by atoms with Crippen LogP contribution in [0.5, 0.6) is 5.75 Å². The van der Waals surface area contributed by atoms with Gasteiger partial charge in [-0.25, -0.2) is 4.39 Å².